The van der Waals surface area contributed by atoms with E-state index in [2.05, 4.69) is 15.6 Å². The minimum atomic E-state index is -0.820. The van der Waals surface area contributed by atoms with E-state index in [9.17, 15) is 9.59 Å². The fourth-order valence-electron chi connectivity index (χ4n) is 3.02. The maximum Gasteiger partial charge on any atom is 0.251 e. The first-order valence-electron chi connectivity index (χ1n) is 8.77. The van der Waals surface area contributed by atoms with Crippen LogP contribution < -0.4 is 10.6 Å². The van der Waals surface area contributed by atoms with E-state index in [-0.39, 0.29) is 12.5 Å². The number of carbonyl (C=O) groups excluding carboxylic acids is 2. The van der Waals surface area contributed by atoms with Gasteiger partial charge in [-0.1, -0.05) is 30.3 Å². The molecule has 0 aliphatic rings. The highest BCUT2D eigenvalue weighted by molar-refractivity contribution is 6.17. The summed E-state index contributed by atoms with van der Waals surface area (Å²) in [5.74, 6) is -0.486. The first kappa shape index (κ1) is 19.5. The van der Waals surface area contributed by atoms with Crippen molar-refractivity contribution in [2.75, 3.05) is 6.54 Å². The van der Waals surface area contributed by atoms with Crippen LogP contribution in [0.1, 0.15) is 21.5 Å². The number of hydrogen-bond donors (Lipinski definition) is 3. The van der Waals surface area contributed by atoms with Crippen molar-refractivity contribution in [3.8, 4) is 6.07 Å². The lowest BCUT2D eigenvalue weighted by Crippen LogP contribution is -2.48. The van der Waals surface area contributed by atoms with Gasteiger partial charge in [-0.15, -0.1) is 11.6 Å². The summed E-state index contributed by atoms with van der Waals surface area (Å²) in [4.78, 5) is 28.4. The third-order valence-electron chi connectivity index (χ3n) is 4.41. The Hall–Kier alpha value is -3.30. The zero-order chi connectivity index (χ0) is 19.9. The zero-order valence-corrected chi connectivity index (χ0v) is 15.8. The third-order valence-corrected chi connectivity index (χ3v) is 4.71. The molecule has 2 aromatic carbocycles. The van der Waals surface area contributed by atoms with Crippen molar-refractivity contribution < 1.29 is 9.59 Å². The van der Waals surface area contributed by atoms with Crippen molar-refractivity contribution in [1.29, 1.82) is 5.26 Å². The lowest BCUT2D eigenvalue weighted by Gasteiger charge is -2.18. The molecule has 3 rings (SSSR count). The van der Waals surface area contributed by atoms with Crippen LogP contribution in [-0.4, -0.2) is 29.4 Å². The minimum absolute atomic E-state index is 0.124. The van der Waals surface area contributed by atoms with Gasteiger partial charge in [0.25, 0.3) is 5.91 Å². The number of aromatic amines is 1. The summed E-state index contributed by atoms with van der Waals surface area (Å²) in [6.07, 6.45) is 2.12. The van der Waals surface area contributed by atoms with Gasteiger partial charge in [0.1, 0.15) is 12.6 Å². The molecule has 0 aliphatic heterocycles. The fraction of sp³-hybridized carbons (Fsp3) is 0.190. The van der Waals surface area contributed by atoms with Gasteiger partial charge in [0, 0.05) is 35.0 Å². The summed E-state index contributed by atoms with van der Waals surface area (Å²) >= 11 is 5.84. The number of benzene rings is 2. The Morgan fingerprint density at radius 1 is 1.18 bits per heavy atom. The Morgan fingerprint density at radius 3 is 2.79 bits per heavy atom. The predicted molar refractivity (Wildman–Crippen MR) is 108 cm³/mol. The van der Waals surface area contributed by atoms with Gasteiger partial charge in [0.05, 0.1) is 6.07 Å². The molecule has 0 saturated heterocycles. The Morgan fingerprint density at radius 2 is 2.00 bits per heavy atom. The van der Waals surface area contributed by atoms with Crippen molar-refractivity contribution >= 4 is 34.3 Å². The van der Waals surface area contributed by atoms with Gasteiger partial charge in [-0.3, -0.25) is 9.59 Å². The standard InChI is InChI=1S/C21H19ClN4O2/c22-12-14-4-3-5-15(10-14)20(27)26-19(21(28)24-9-8-23)11-16-13-25-18-7-2-1-6-17(16)18/h1-7,10,13,19,25H,9,11-12H2,(H,24,28)(H,26,27). The second kappa shape index (κ2) is 9.07. The molecule has 1 unspecified atom stereocenters. The largest absolute Gasteiger partial charge is 0.361 e. The van der Waals surface area contributed by atoms with Crippen LogP contribution in [0.15, 0.2) is 54.7 Å². The number of halogens is 1. The highest BCUT2D eigenvalue weighted by atomic mass is 35.5. The molecule has 0 saturated carbocycles. The monoisotopic (exact) mass is 394 g/mol. The van der Waals surface area contributed by atoms with E-state index in [4.69, 9.17) is 16.9 Å². The lowest BCUT2D eigenvalue weighted by atomic mass is 10.0. The molecule has 7 heteroatoms. The molecule has 2 amide bonds. The summed E-state index contributed by atoms with van der Waals surface area (Å²) in [6, 6.07) is 15.7. The van der Waals surface area contributed by atoms with Crippen molar-refractivity contribution in [1.82, 2.24) is 15.6 Å². The molecule has 28 heavy (non-hydrogen) atoms. The average Bonchev–Trinajstić information content (AvgIpc) is 3.14. The molecule has 0 bridgehead atoms. The van der Waals surface area contributed by atoms with Gasteiger partial charge in [-0.2, -0.15) is 5.26 Å². The molecule has 1 heterocycles. The highest BCUT2D eigenvalue weighted by Gasteiger charge is 2.23. The number of amides is 2. The molecule has 3 aromatic rings. The van der Waals surface area contributed by atoms with Crippen LogP contribution in [0, 0.1) is 11.3 Å². The highest BCUT2D eigenvalue weighted by Crippen LogP contribution is 2.19. The Labute approximate surface area is 167 Å². The maximum atomic E-state index is 12.7. The lowest BCUT2D eigenvalue weighted by molar-refractivity contribution is -0.122. The van der Waals surface area contributed by atoms with E-state index >= 15 is 0 Å². The molecule has 3 N–H and O–H groups in total. The number of carbonyl (C=O) groups is 2. The molecular formula is C21H19ClN4O2. The SMILES string of the molecule is N#CCNC(=O)C(Cc1c[nH]c2ccccc12)NC(=O)c1cccc(CCl)c1. The van der Waals surface area contributed by atoms with Gasteiger partial charge in [-0.05, 0) is 29.3 Å². The number of nitriles is 1. The molecular weight excluding hydrogens is 376 g/mol. The zero-order valence-electron chi connectivity index (χ0n) is 15.0. The average molecular weight is 395 g/mol. The molecule has 0 spiro atoms. The van der Waals surface area contributed by atoms with Gasteiger partial charge in [0.2, 0.25) is 5.91 Å². The van der Waals surface area contributed by atoms with E-state index < -0.39 is 11.9 Å². The van der Waals surface area contributed by atoms with Crippen molar-refractivity contribution in [3.63, 3.8) is 0 Å². The van der Waals surface area contributed by atoms with E-state index in [1.54, 1.807) is 18.2 Å². The summed E-state index contributed by atoms with van der Waals surface area (Å²) in [6.45, 7) is -0.124. The van der Waals surface area contributed by atoms with Crippen LogP contribution in [0.2, 0.25) is 0 Å². The second-order valence-electron chi connectivity index (χ2n) is 6.30. The fourth-order valence-corrected chi connectivity index (χ4v) is 3.18. The summed E-state index contributed by atoms with van der Waals surface area (Å²) in [5.41, 5.74) is 3.10. The second-order valence-corrected chi connectivity index (χ2v) is 6.57. The summed E-state index contributed by atoms with van der Waals surface area (Å²) < 4.78 is 0. The number of para-hydroxylation sites is 1. The van der Waals surface area contributed by atoms with Gasteiger partial charge in [-0.25, -0.2) is 0 Å². The summed E-state index contributed by atoms with van der Waals surface area (Å²) in [7, 11) is 0. The van der Waals surface area contributed by atoms with Crippen LogP contribution in [0.25, 0.3) is 10.9 Å². The smallest absolute Gasteiger partial charge is 0.251 e. The Balaban J connectivity index is 1.83. The number of H-pyrrole nitrogens is 1. The van der Waals surface area contributed by atoms with Crippen LogP contribution in [-0.2, 0) is 17.1 Å². The number of aromatic nitrogens is 1. The predicted octanol–water partition coefficient (Wildman–Crippen LogP) is 2.89. The number of alkyl halides is 1. The summed E-state index contributed by atoms with van der Waals surface area (Å²) in [5, 5.41) is 15.0. The van der Waals surface area contributed by atoms with E-state index in [1.807, 2.05) is 42.6 Å². The molecule has 1 aromatic heterocycles. The normalized spacial score (nSPS) is 11.6. The number of rotatable bonds is 7. The van der Waals surface area contributed by atoms with E-state index in [1.165, 1.54) is 0 Å². The molecule has 0 fully saturated rings. The van der Waals surface area contributed by atoms with E-state index in [0.29, 0.717) is 17.9 Å². The Kier molecular flexibility index (Phi) is 6.30. The van der Waals surface area contributed by atoms with Crippen LogP contribution >= 0.6 is 11.6 Å². The molecule has 1 atom stereocenters. The third kappa shape index (κ3) is 4.51. The van der Waals surface area contributed by atoms with E-state index in [0.717, 1.165) is 22.0 Å². The van der Waals surface area contributed by atoms with Crippen molar-refractivity contribution in [2.45, 2.75) is 18.3 Å². The topological polar surface area (TPSA) is 97.8 Å². The number of fused-ring (bicyclic) bond motifs is 1. The quantitative estimate of drug-likeness (QED) is 0.424. The van der Waals surface area contributed by atoms with Crippen LogP contribution in [0.5, 0.6) is 0 Å². The number of hydrogen-bond acceptors (Lipinski definition) is 3. The van der Waals surface area contributed by atoms with Crippen LogP contribution in [0.4, 0.5) is 0 Å². The van der Waals surface area contributed by atoms with Crippen molar-refractivity contribution in [3.05, 3.63) is 71.4 Å². The van der Waals surface area contributed by atoms with Gasteiger partial charge >= 0.3 is 0 Å². The van der Waals surface area contributed by atoms with Crippen molar-refractivity contribution in [2.24, 2.45) is 0 Å². The molecule has 0 aliphatic carbocycles. The first-order valence-corrected chi connectivity index (χ1v) is 9.31. The maximum absolute atomic E-state index is 12.7. The van der Waals surface area contributed by atoms with Crippen LogP contribution in [0.3, 0.4) is 0 Å². The minimum Gasteiger partial charge on any atom is -0.361 e. The molecule has 6 nitrogen and oxygen atoms in total. The first-order chi connectivity index (χ1) is 13.6. The molecule has 142 valence electrons. The molecule has 0 radical (unpaired) electrons. The number of nitrogens with zero attached hydrogens (tertiary/aromatic N) is 1. The number of nitrogens with one attached hydrogen (secondary N) is 3. The van der Waals surface area contributed by atoms with Gasteiger partial charge < -0.3 is 15.6 Å². The Bertz CT molecular complexity index is 1040. The van der Waals surface area contributed by atoms with Gasteiger partial charge in [0.15, 0.2) is 0 Å².